The molecule has 0 aromatic carbocycles. The molecule has 2 aliphatic rings. The van der Waals surface area contributed by atoms with Gasteiger partial charge in [-0.2, -0.15) is 0 Å². The normalized spacial score (nSPS) is 19.9. The fourth-order valence-electron chi connectivity index (χ4n) is 4.00. The van der Waals surface area contributed by atoms with E-state index in [-0.39, 0.29) is 5.91 Å². The summed E-state index contributed by atoms with van der Waals surface area (Å²) in [4.78, 5) is 28.8. The number of amides is 1. The molecule has 0 aliphatic carbocycles. The SMILES string of the molecule is CC(c1nccs1)N1CCN(c2ncccc2C(=O)N2CCCCC2)CC1. The van der Waals surface area contributed by atoms with Crippen molar-refractivity contribution in [1.29, 1.82) is 0 Å². The molecule has 2 fully saturated rings. The number of pyridine rings is 1. The number of aromatic nitrogens is 2. The first-order valence-corrected chi connectivity index (χ1v) is 10.7. The van der Waals surface area contributed by atoms with E-state index in [2.05, 4.69) is 26.7 Å². The molecule has 1 amide bonds. The van der Waals surface area contributed by atoms with Crippen molar-refractivity contribution in [3.8, 4) is 0 Å². The van der Waals surface area contributed by atoms with E-state index in [4.69, 9.17) is 0 Å². The van der Waals surface area contributed by atoms with Gasteiger partial charge in [-0.1, -0.05) is 0 Å². The summed E-state index contributed by atoms with van der Waals surface area (Å²) < 4.78 is 0. The molecule has 144 valence electrons. The van der Waals surface area contributed by atoms with Gasteiger partial charge < -0.3 is 9.80 Å². The summed E-state index contributed by atoms with van der Waals surface area (Å²) in [5.41, 5.74) is 0.751. The van der Waals surface area contributed by atoms with Gasteiger partial charge in [-0.05, 0) is 38.3 Å². The van der Waals surface area contributed by atoms with Crippen molar-refractivity contribution < 1.29 is 4.79 Å². The van der Waals surface area contributed by atoms with Crippen LogP contribution < -0.4 is 4.90 Å². The first-order chi connectivity index (χ1) is 13.2. The van der Waals surface area contributed by atoms with Crippen molar-refractivity contribution in [1.82, 2.24) is 19.8 Å². The van der Waals surface area contributed by atoms with Gasteiger partial charge in [0, 0.05) is 57.0 Å². The van der Waals surface area contributed by atoms with Gasteiger partial charge in [0.25, 0.3) is 5.91 Å². The van der Waals surface area contributed by atoms with E-state index in [1.165, 1.54) is 11.4 Å². The van der Waals surface area contributed by atoms with E-state index >= 15 is 0 Å². The maximum atomic E-state index is 13.0. The lowest BCUT2D eigenvalue weighted by Crippen LogP contribution is -2.48. The summed E-state index contributed by atoms with van der Waals surface area (Å²) in [5.74, 6) is 0.978. The van der Waals surface area contributed by atoms with Gasteiger partial charge in [-0.25, -0.2) is 9.97 Å². The van der Waals surface area contributed by atoms with Gasteiger partial charge in [-0.15, -0.1) is 11.3 Å². The number of rotatable bonds is 4. The minimum atomic E-state index is 0.136. The Morgan fingerprint density at radius 1 is 1.04 bits per heavy atom. The molecule has 2 aliphatic heterocycles. The first kappa shape index (κ1) is 18.4. The second-order valence-corrected chi connectivity index (χ2v) is 8.22. The summed E-state index contributed by atoms with van der Waals surface area (Å²) in [7, 11) is 0. The zero-order valence-electron chi connectivity index (χ0n) is 15.9. The topological polar surface area (TPSA) is 52.6 Å². The van der Waals surface area contributed by atoms with Crippen LogP contribution in [-0.4, -0.2) is 64.9 Å². The Kier molecular flexibility index (Phi) is 5.69. The van der Waals surface area contributed by atoms with Crippen LogP contribution in [0.3, 0.4) is 0 Å². The number of likely N-dealkylation sites (tertiary alicyclic amines) is 1. The Morgan fingerprint density at radius 3 is 2.52 bits per heavy atom. The molecule has 0 spiro atoms. The fourth-order valence-corrected chi connectivity index (χ4v) is 4.73. The number of thiazole rings is 1. The van der Waals surface area contributed by atoms with Crippen molar-refractivity contribution >= 4 is 23.1 Å². The summed E-state index contributed by atoms with van der Waals surface area (Å²) >= 11 is 1.72. The molecular formula is C20H27N5OS. The molecule has 7 heteroatoms. The van der Waals surface area contributed by atoms with Crippen LogP contribution >= 0.6 is 11.3 Å². The third-order valence-electron chi connectivity index (χ3n) is 5.63. The van der Waals surface area contributed by atoms with Gasteiger partial charge in [-0.3, -0.25) is 9.69 Å². The molecule has 2 aromatic heterocycles. The van der Waals surface area contributed by atoms with E-state index in [1.54, 1.807) is 17.5 Å². The van der Waals surface area contributed by atoms with Gasteiger partial charge in [0.1, 0.15) is 10.8 Å². The highest BCUT2D eigenvalue weighted by Gasteiger charge is 2.28. The monoisotopic (exact) mass is 385 g/mol. The smallest absolute Gasteiger partial charge is 0.257 e. The Hall–Kier alpha value is -1.99. The molecule has 27 heavy (non-hydrogen) atoms. The number of hydrogen-bond donors (Lipinski definition) is 0. The van der Waals surface area contributed by atoms with E-state index in [9.17, 15) is 4.79 Å². The number of carbonyl (C=O) groups is 1. The van der Waals surface area contributed by atoms with E-state index in [0.29, 0.717) is 6.04 Å². The highest BCUT2D eigenvalue weighted by Crippen LogP contribution is 2.26. The summed E-state index contributed by atoms with van der Waals surface area (Å²) in [5, 5.41) is 3.20. The first-order valence-electron chi connectivity index (χ1n) is 9.87. The van der Waals surface area contributed by atoms with Crippen LogP contribution in [0.2, 0.25) is 0 Å². The van der Waals surface area contributed by atoms with Crippen LogP contribution in [0, 0.1) is 0 Å². The van der Waals surface area contributed by atoms with E-state index in [0.717, 1.165) is 63.5 Å². The average Bonchev–Trinajstić information content (AvgIpc) is 3.28. The number of hydrogen-bond acceptors (Lipinski definition) is 6. The van der Waals surface area contributed by atoms with Crippen LogP contribution in [0.5, 0.6) is 0 Å². The molecule has 0 saturated carbocycles. The second kappa shape index (κ2) is 8.35. The molecule has 4 rings (SSSR count). The lowest BCUT2D eigenvalue weighted by molar-refractivity contribution is 0.0724. The van der Waals surface area contributed by atoms with Crippen molar-refractivity contribution in [3.63, 3.8) is 0 Å². The lowest BCUT2D eigenvalue weighted by atomic mass is 10.1. The van der Waals surface area contributed by atoms with Gasteiger partial charge in [0.05, 0.1) is 11.6 Å². The molecule has 0 bridgehead atoms. The number of nitrogens with zero attached hydrogens (tertiary/aromatic N) is 5. The quantitative estimate of drug-likeness (QED) is 0.810. The molecule has 2 saturated heterocycles. The maximum Gasteiger partial charge on any atom is 0.257 e. The zero-order valence-corrected chi connectivity index (χ0v) is 16.7. The van der Waals surface area contributed by atoms with E-state index < -0.39 is 0 Å². The van der Waals surface area contributed by atoms with Crippen LogP contribution in [0.1, 0.15) is 47.6 Å². The molecule has 2 aromatic rings. The molecule has 6 nitrogen and oxygen atoms in total. The zero-order chi connectivity index (χ0) is 18.6. The number of piperidine rings is 1. The van der Waals surface area contributed by atoms with Crippen LogP contribution in [0.4, 0.5) is 5.82 Å². The standard InChI is InChI=1S/C20H27N5OS/c1-16(19-22-8-15-27-19)23-11-13-24(14-12-23)18-17(6-5-7-21-18)20(26)25-9-3-2-4-10-25/h5-8,15-16H,2-4,9-14H2,1H3. The second-order valence-electron chi connectivity index (χ2n) is 7.30. The highest BCUT2D eigenvalue weighted by atomic mass is 32.1. The van der Waals surface area contributed by atoms with Crippen molar-refractivity contribution in [2.24, 2.45) is 0 Å². The van der Waals surface area contributed by atoms with Crippen molar-refractivity contribution in [3.05, 3.63) is 40.5 Å². The fraction of sp³-hybridized carbons (Fsp3) is 0.550. The van der Waals surface area contributed by atoms with Crippen LogP contribution in [0.15, 0.2) is 29.9 Å². The van der Waals surface area contributed by atoms with E-state index in [1.807, 2.05) is 28.6 Å². The molecule has 1 atom stereocenters. The minimum absolute atomic E-state index is 0.136. The average molecular weight is 386 g/mol. The van der Waals surface area contributed by atoms with Gasteiger partial charge in [0.15, 0.2) is 0 Å². The Morgan fingerprint density at radius 2 is 1.81 bits per heavy atom. The van der Waals surface area contributed by atoms with Crippen LogP contribution in [-0.2, 0) is 0 Å². The maximum absolute atomic E-state index is 13.0. The third kappa shape index (κ3) is 3.99. The minimum Gasteiger partial charge on any atom is -0.353 e. The third-order valence-corrected chi connectivity index (χ3v) is 6.58. The molecular weight excluding hydrogens is 358 g/mol. The predicted molar refractivity (Wildman–Crippen MR) is 108 cm³/mol. The number of carbonyl (C=O) groups excluding carboxylic acids is 1. The summed E-state index contributed by atoms with van der Waals surface area (Å²) in [6.45, 7) is 7.63. The Bertz CT molecular complexity index is 751. The van der Waals surface area contributed by atoms with Gasteiger partial charge >= 0.3 is 0 Å². The molecule has 1 unspecified atom stereocenters. The Balaban J connectivity index is 1.45. The number of anilines is 1. The molecule has 0 N–H and O–H groups in total. The predicted octanol–water partition coefficient (Wildman–Crippen LogP) is 3.05. The lowest BCUT2D eigenvalue weighted by Gasteiger charge is -2.38. The molecule has 4 heterocycles. The van der Waals surface area contributed by atoms with Crippen molar-refractivity contribution in [2.45, 2.75) is 32.2 Å². The highest BCUT2D eigenvalue weighted by molar-refractivity contribution is 7.09. The molecule has 0 radical (unpaired) electrons. The van der Waals surface area contributed by atoms with Gasteiger partial charge in [0.2, 0.25) is 0 Å². The summed E-state index contributed by atoms with van der Waals surface area (Å²) in [6.07, 6.45) is 7.11. The largest absolute Gasteiger partial charge is 0.353 e. The van der Waals surface area contributed by atoms with Crippen molar-refractivity contribution in [2.75, 3.05) is 44.2 Å². The number of piperazine rings is 1. The van der Waals surface area contributed by atoms with Crippen LogP contribution in [0.25, 0.3) is 0 Å². The Labute approximate surface area is 164 Å². The summed E-state index contributed by atoms with van der Waals surface area (Å²) in [6, 6.07) is 4.15.